The number of hydrogen-bond donors (Lipinski definition) is 1. The van der Waals surface area contributed by atoms with Gasteiger partial charge in [0.25, 0.3) is 0 Å². The second-order valence-electron chi connectivity index (χ2n) is 5.34. The van der Waals surface area contributed by atoms with Crippen LogP contribution < -0.4 is 34.9 Å². The first kappa shape index (κ1) is 25.4. The van der Waals surface area contributed by atoms with E-state index in [4.69, 9.17) is 10.1 Å². The van der Waals surface area contributed by atoms with Gasteiger partial charge in [-0.2, -0.15) is 0 Å². The van der Waals surface area contributed by atoms with Crippen LogP contribution >= 0.6 is 0 Å². The van der Waals surface area contributed by atoms with E-state index in [0.717, 1.165) is 51.3 Å². The standard InChI is InChI=1S/C16H26N3O.2ClH.Ti/c1-19-13-5-10-17-12-9-16(18-11-6-14-19)20-15-7-3-2-4-8-15;;;/h2-4,7-8,16-17H,5-6,9-14H2,1H3;2*1H;/q-1;;;+3/p-2. The molecule has 1 aromatic carbocycles. The Hall–Kier alpha value is 0.194. The zero-order valence-electron chi connectivity index (χ0n) is 13.7. The Balaban J connectivity index is 0. The summed E-state index contributed by atoms with van der Waals surface area (Å²) >= 11 is 0. The van der Waals surface area contributed by atoms with E-state index in [0.29, 0.717) is 0 Å². The normalized spacial score (nSPS) is 20.5. The minimum Gasteiger partial charge on any atom is -1.00 e. The Morgan fingerprint density at radius 2 is 1.78 bits per heavy atom. The summed E-state index contributed by atoms with van der Waals surface area (Å²) < 4.78 is 5.97. The van der Waals surface area contributed by atoms with Crippen molar-refractivity contribution in [3.63, 3.8) is 0 Å². The fourth-order valence-corrected chi connectivity index (χ4v) is 2.36. The van der Waals surface area contributed by atoms with Crippen molar-refractivity contribution in [2.75, 3.05) is 39.8 Å². The van der Waals surface area contributed by atoms with Gasteiger partial charge in [0.15, 0.2) is 0 Å². The molecule has 1 radical (unpaired) electrons. The largest absolute Gasteiger partial charge is 3.00 e. The number of hydrogen-bond acceptors (Lipinski definition) is 3. The van der Waals surface area contributed by atoms with E-state index in [1.807, 2.05) is 30.3 Å². The number of ether oxygens (including phenoxy) is 1. The summed E-state index contributed by atoms with van der Waals surface area (Å²) in [5.74, 6) is 0.908. The molecule has 0 saturated carbocycles. The molecule has 1 saturated heterocycles. The molecular formula is C16H26Cl2N3OTi. The van der Waals surface area contributed by atoms with E-state index in [1.54, 1.807) is 0 Å². The van der Waals surface area contributed by atoms with Gasteiger partial charge >= 0.3 is 21.7 Å². The Morgan fingerprint density at radius 1 is 1.09 bits per heavy atom. The Kier molecular flexibility index (Phi) is 17.4. The average molecular weight is 395 g/mol. The van der Waals surface area contributed by atoms with Crippen molar-refractivity contribution in [1.29, 1.82) is 0 Å². The van der Waals surface area contributed by atoms with Gasteiger partial charge < -0.3 is 45.1 Å². The molecule has 0 aromatic heterocycles. The zero-order valence-corrected chi connectivity index (χ0v) is 16.8. The Bertz CT molecular complexity index is 374. The molecule has 1 heterocycles. The van der Waals surface area contributed by atoms with Crippen LogP contribution in [0.3, 0.4) is 0 Å². The molecule has 1 aromatic rings. The molecule has 1 N–H and O–H groups in total. The van der Waals surface area contributed by atoms with Crippen LogP contribution in [-0.4, -0.2) is 50.9 Å². The van der Waals surface area contributed by atoms with Gasteiger partial charge in [0.1, 0.15) is 5.75 Å². The molecule has 0 spiro atoms. The van der Waals surface area contributed by atoms with Gasteiger partial charge in [0.05, 0.1) is 0 Å². The molecule has 1 aliphatic rings. The first-order chi connectivity index (χ1) is 9.84. The smallest absolute Gasteiger partial charge is 1.00 e. The zero-order chi connectivity index (χ0) is 14.0. The van der Waals surface area contributed by atoms with Crippen LogP contribution in [0.5, 0.6) is 5.75 Å². The molecule has 1 aliphatic heterocycles. The van der Waals surface area contributed by atoms with Gasteiger partial charge in [-0.05, 0) is 58.2 Å². The van der Waals surface area contributed by atoms with Crippen molar-refractivity contribution in [3.8, 4) is 5.75 Å². The van der Waals surface area contributed by atoms with Crippen LogP contribution in [0.1, 0.15) is 19.3 Å². The third-order valence-corrected chi connectivity index (χ3v) is 3.51. The molecule has 1 atom stereocenters. The van der Waals surface area contributed by atoms with E-state index in [2.05, 4.69) is 17.3 Å². The van der Waals surface area contributed by atoms with Gasteiger partial charge in [0, 0.05) is 6.23 Å². The maximum atomic E-state index is 5.97. The summed E-state index contributed by atoms with van der Waals surface area (Å²) in [6.07, 6.45) is 3.22. The number of benzene rings is 1. The summed E-state index contributed by atoms with van der Waals surface area (Å²) in [4.78, 5) is 2.38. The monoisotopic (exact) mass is 394 g/mol. The van der Waals surface area contributed by atoms with Crippen molar-refractivity contribution in [3.05, 3.63) is 35.6 Å². The van der Waals surface area contributed by atoms with Crippen LogP contribution in [0.25, 0.3) is 5.32 Å². The third kappa shape index (κ3) is 11.4. The van der Waals surface area contributed by atoms with Crippen LogP contribution in [0.15, 0.2) is 30.3 Å². The van der Waals surface area contributed by atoms with Crippen molar-refractivity contribution < 1.29 is 51.3 Å². The average Bonchev–Trinajstić information content (AvgIpc) is 2.46. The van der Waals surface area contributed by atoms with E-state index in [1.165, 1.54) is 6.42 Å². The number of para-hydroxylation sites is 1. The molecule has 1 fully saturated rings. The molecule has 129 valence electrons. The summed E-state index contributed by atoms with van der Waals surface area (Å²) in [5.41, 5.74) is 0. The molecule has 1 unspecified atom stereocenters. The van der Waals surface area contributed by atoms with Crippen molar-refractivity contribution in [1.82, 2.24) is 10.2 Å². The van der Waals surface area contributed by atoms with E-state index in [9.17, 15) is 0 Å². The predicted molar refractivity (Wildman–Crippen MR) is 83.3 cm³/mol. The van der Waals surface area contributed by atoms with Crippen molar-refractivity contribution >= 4 is 0 Å². The molecule has 23 heavy (non-hydrogen) atoms. The van der Waals surface area contributed by atoms with Crippen LogP contribution in [0.4, 0.5) is 0 Å². The van der Waals surface area contributed by atoms with Crippen molar-refractivity contribution in [2.24, 2.45) is 0 Å². The number of nitrogens with one attached hydrogen (secondary N) is 1. The summed E-state index contributed by atoms with van der Waals surface area (Å²) in [6.45, 7) is 5.19. The van der Waals surface area contributed by atoms with Gasteiger partial charge in [0.2, 0.25) is 0 Å². The number of halogens is 2. The minimum absolute atomic E-state index is 0. The van der Waals surface area contributed by atoms with Crippen LogP contribution in [-0.2, 0) is 21.7 Å². The topological polar surface area (TPSA) is 38.6 Å². The quantitative estimate of drug-likeness (QED) is 0.528. The summed E-state index contributed by atoms with van der Waals surface area (Å²) in [7, 11) is 2.18. The second-order valence-corrected chi connectivity index (χ2v) is 5.34. The van der Waals surface area contributed by atoms with E-state index >= 15 is 0 Å². The maximum absolute atomic E-state index is 5.97. The second kappa shape index (κ2) is 15.7. The predicted octanol–water partition coefficient (Wildman–Crippen LogP) is -3.52. The molecule has 0 bridgehead atoms. The Morgan fingerprint density at radius 3 is 2.52 bits per heavy atom. The SMILES string of the molecule is CN1CCC[N-]C(Oc2ccccc2)CCNCCC1.[Cl-].[Cl-].[Ti+3]. The number of rotatable bonds is 2. The summed E-state index contributed by atoms with van der Waals surface area (Å²) in [5, 5.41) is 8.17. The molecule has 2 rings (SSSR count). The van der Waals surface area contributed by atoms with Gasteiger partial charge in [-0.1, -0.05) is 24.6 Å². The van der Waals surface area contributed by atoms with Gasteiger partial charge in [-0.15, -0.1) is 6.54 Å². The maximum Gasteiger partial charge on any atom is 3.00 e. The van der Waals surface area contributed by atoms with Gasteiger partial charge in [-0.25, -0.2) is 0 Å². The summed E-state index contributed by atoms with van der Waals surface area (Å²) in [6, 6.07) is 9.98. The van der Waals surface area contributed by atoms with Crippen molar-refractivity contribution in [2.45, 2.75) is 25.5 Å². The fraction of sp³-hybridized carbons (Fsp3) is 0.625. The molecule has 0 aliphatic carbocycles. The van der Waals surface area contributed by atoms with Gasteiger partial charge in [-0.3, -0.25) is 0 Å². The van der Waals surface area contributed by atoms with E-state index < -0.39 is 0 Å². The third-order valence-electron chi connectivity index (χ3n) is 3.51. The molecular weight excluding hydrogens is 369 g/mol. The molecule has 4 nitrogen and oxygen atoms in total. The van der Waals surface area contributed by atoms with Crippen LogP contribution in [0, 0.1) is 0 Å². The minimum atomic E-state index is -0.0327. The first-order valence-corrected chi connectivity index (χ1v) is 7.62. The van der Waals surface area contributed by atoms with Crippen LogP contribution in [0.2, 0.25) is 0 Å². The molecule has 7 heteroatoms. The van der Waals surface area contributed by atoms with E-state index in [-0.39, 0.29) is 52.8 Å². The molecule has 0 amide bonds. The first-order valence-electron chi connectivity index (χ1n) is 7.62. The number of nitrogens with zero attached hydrogens (tertiary/aromatic N) is 2. The Labute approximate surface area is 167 Å². The fourth-order valence-electron chi connectivity index (χ4n) is 2.36.